The summed E-state index contributed by atoms with van der Waals surface area (Å²) >= 11 is 6.90. The van der Waals surface area contributed by atoms with Gasteiger partial charge in [0.1, 0.15) is 34.1 Å². The van der Waals surface area contributed by atoms with Crippen LogP contribution in [0.25, 0.3) is 76.5 Å². The van der Waals surface area contributed by atoms with Crippen molar-refractivity contribution in [2.75, 3.05) is 0 Å². The van der Waals surface area contributed by atoms with E-state index in [4.69, 9.17) is 8.83 Å². The van der Waals surface area contributed by atoms with Gasteiger partial charge in [-0.1, -0.05) is 24.3 Å². The highest BCUT2D eigenvalue weighted by Crippen LogP contribution is 2.51. The van der Waals surface area contributed by atoms with Crippen LogP contribution in [-0.2, 0) is 9.59 Å². The molecule has 0 N–H and O–H groups in total. The monoisotopic (exact) mass is 754 g/mol. The molecule has 11 heteroatoms. The number of carbonyl (C=O) groups excluding carboxylic acids is 2. The summed E-state index contributed by atoms with van der Waals surface area (Å²) in [5.41, 5.74) is 8.09. The van der Waals surface area contributed by atoms with Crippen molar-refractivity contribution in [3.63, 3.8) is 0 Å². The Labute approximate surface area is 312 Å². The molecular weight excluding hydrogens is 733 g/mol. The standard InChI is InChI=1S/C40H22N2O4S5/c1-19-3-6-24-33(17-19)49-39(43)35(24)36-25-7-5-21(18-34(25)50-40(36)44)30-15-16-32(48-30)29-13-11-27(46-29)23-9-8-22(37-38(23)42-51-41-37)26-10-12-28(45-26)31-14-4-20(2)47-31/h3-18H,1-2H3/b36-35+. The SMILES string of the molecule is Cc1ccc2c(c1)SC(=O)/C2=C1/C(=O)Sc2cc(-c3ccc(-c4ccc(-c5ccc(-c6ccc(-c7ccc(C)s7)o6)c6nsnc56)o4)s3)ccc21. The summed E-state index contributed by atoms with van der Waals surface area (Å²) in [6.07, 6.45) is 0. The molecule has 7 heterocycles. The van der Waals surface area contributed by atoms with Gasteiger partial charge in [-0.2, -0.15) is 8.75 Å². The summed E-state index contributed by atoms with van der Waals surface area (Å²) in [4.78, 5) is 32.6. The molecule has 3 aromatic carbocycles. The first-order valence-electron chi connectivity index (χ1n) is 15.9. The Kier molecular flexibility index (Phi) is 7.23. The molecule has 0 atom stereocenters. The number of carbonyl (C=O) groups is 2. The smallest absolute Gasteiger partial charge is 0.225 e. The number of benzene rings is 3. The fraction of sp³-hybridized carbons (Fsp3) is 0.0500. The van der Waals surface area contributed by atoms with Gasteiger partial charge in [-0.25, -0.2) is 0 Å². The van der Waals surface area contributed by atoms with E-state index >= 15 is 0 Å². The molecule has 0 spiro atoms. The maximum absolute atomic E-state index is 13.3. The first-order chi connectivity index (χ1) is 24.9. The molecule has 0 aliphatic carbocycles. The fourth-order valence-electron chi connectivity index (χ4n) is 6.57. The van der Waals surface area contributed by atoms with Gasteiger partial charge in [-0.3, -0.25) is 9.59 Å². The van der Waals surface area contributed by atoms with Crippen LogP contribution in [0, 0.1) is 13.8 Å². The van der Waals surface area contributed by atoms with Gasteiger partial charge in [0.05, 0.1) is 21.5 Å². The lowest BCUT2D eigenvalue weighted by atomic mass is 9.95. The Morgan fingerprint density at radius 1 is 0.510 bits per heavy atom. The minimum Gasteiger partial charge on any atom is -0.455 e. The predicted molar refractivity (Wildman–Crippen MR) is 209 cm³/mol. The molecule has 0 saturated heterocycles. The molecule has 10 rings (SSSR count). The Morgan fingerprint density at radius 3 is 1.67 bits per heavy atom. The zero-order valence-corrected chi connectivity index (χ0v) is 30.9. The molecule has 6 nitrogen and oxygen atoms in total. The van der Waals surface area contributed by atoms with Gasteiger partial charge in [0.25, 0.3) is 0 Å². The van der Waals surface area contributed by atoms with Gasteiger partial charge in [-0.15, -0.1) is 22.7 Å². The third-order valence-corrected chi connectivity index (χ3v) is 13.6. The van der Waals surface area contributed by atoms with E-state index in [1.807, 2.05) is 79.7 Å². The van der Waals surface area contributed by atoms with Gasteiger partial charge < -0.3 is 8.83 Å². The summed E-state index contributed by atoms with van der Waals surface area (Å²) < 4.78 is 22.0. The van der Waals surface area contributed by atoms with Crippen LogP contribution in [0.4, 0.5) is 0 Å². The van der Waals surface area contributed by atoms with Gasteiger partial charge in [-0.05, 0) is 121 Å². The third kappa shape index (κ3) is 5.14. The first-order valence-corrected chi connectivity index (χ1v) is 19.9. The van der Waals surface area contributed by atoms with E-state index in [1.54, 1.807) is 22.7 Å². The van der Waals surface area contributed by atoms with Crippen molar-refractivity contribution >= 4 is 90.3 Å². The summed E-state index contributed by atoms with van der Waals surface area (Å²) in [5, 5.41) is -0.162. The number of thiophene rings is 2. The molecule has 0 fully saturated rings. The van der Waals surface area contributed by atoms with E-state index < -0.39 is 0 Å². The zero-order chi connectivity index (χ0) is 34.4. The lowest BCUT2D eigenvalue weighted by molar-refractivity contribution is -0.107. The molecular formula is C40H22N2O4S5. The van der Waals surface area contributed by atoms with E-state index in [0.29, 0.717) is 16.9 Å². The molecule has 0 bridgehead atoms. The Hall–Kier alpha value is -4.78. The number of hydrogen-bond donors (Lipinski definition) is 0. The summed E-state index contributed by atoms with van der Waals surface area (Å²) in [5.74, 6) is 3.06. The van der Waals surface area contributed by atoms with Crippen molar-refractivity contribution in [1.82, 2.24) is 8.75 Å². The first kappa shape index (κ1) is 31.0. The quantitative estimate of drug-likeness (QED) is 0.161. The number of hydrogen-bond acceptors (Lipinski definition) is 11. The van der Waals surface area contributed by atoms with E-state index in [2.05, 4.69) is 39.9 Å². The van der Waals surface area contributed by atoms with Crippen LogP contribution >= 0.6 is 57.9 Å². The average Bonchev–Trinajstić information content (AvgIpc) is 3.96. The molecule has 0 unspecified atom stereocenters. The highest BCUT2D eigenvalue weighted by atomic mass is 32.2. The van der Waals surface area contributed by atoms with Gasteiger partial charge in [0, 0.05) is 52.9 Å². The maximum Gasteiger partial charge on any atom is 0.225 e. The van der Waals surface area contributed by atoms with Crippen LogP contribution in [0.15, 0.2) is 116 Å². The Morgan fingerprint density at radius 2 is 1.04 bits per heavy atom. The lowest BCUT2D eigenvalue weighted by Crippen LogP contribution is -1.99. The second kappa shape index (κ2) is 11.9. The number of aromatic nitrogens is 2. The number of rotatable bonds is 5. The van der Waals surface area contributed by atoms with Crippen LogP contribution in [0.1, 0.15) is 21.6 Å². The van der Waals surface area contributed by atoms with E-state index in [9.17, 15) is 9.59 Å². The number of fused-ring (bicyclic) bond motifs is 3. The van der Waals surface area contributed by atoms with E-state index in [0.717, 1.165) is 86.1 Å². The molecule has 246 valence electrons. The van der Waals surface area contributed by atoms with Crippen LogP contribution in [-0.4, -0.2) is 19.0 Å². The van der Waals surface area contributed by atoms with Gasteiger partial charge in [0.2, 0.25) is 10.2 Å². The van der Waals surface area contributed by atoms with Crippen molar-refractivity contribution in [3.05, 3.63) is 119 Å². The van der Waals surface area contributed by atoms with Crippen LogP contribution in [0.3, 0.4) is 0 Å². The third-order valence-electron chi connectivity index (χ3n) is 9.00. The summed E-state index contributed by atoms with van der Waals surface area (Å²) in [7, 11) is 0. The second-order valence-electron chi connectivity index (χ2n) is 12.3. The molecule has 0 saturated carbocycles. The molecule has 0 radical (unpaired) electrons. The summed E-state index contributed by atoms with van der Waals surface area (Å²) in [6.45, 7) is 4.09. The average molecular weight is 755 g/mol. The van der Waals surface area contributed by atoms with Crippen LogP contribution in [0.5, 0.6) is 0 Å². The van der Waals surface area contributed by atoms with Crippen molar-refractivity contribution in [2.24, 2.45) is 0 Å². The molecule has 2 aliphatic rings. The number of thioether (sulfide) groups is 2. The van der Waals surface area contributed by atoms with Gasteiger partial charge in [0.15, 0.2) is 0 Å². The van der Waals surface area contributed by atoms with Crippen molar-refractivity contribution in [1.29, 1.82) is 0 Å². The predicted octanol–water partition coefficient (Wildman–Crippen LogP) is 12.1. The zero-order valence-electron chi connectivity index (χ0n) is 26.8. The largest absolute Gasteiger partial charge is 0.455 e. The van der Waals surface area contributed by atoms with Gasteiger partial charge >= 0.3 is 0 Å². The topological polar surface area (TPSA) is 86.2 Å². The second-order valence-corrected chi connectivity index (χ2v) is 17.2. The minimum atomic E-state index is -0.0886. The Bertz CT molecular complexity index is 2790. The van der Waals surface area contributed by atoms with Crippen LogP contribution in [0.2, 0.25) is 0 Å². The Balaban J connectivity index is 0.938. The highest BCUT2D eigenvalue weighted by molar-refractivity contribution is 8.16. The highest BCUT2D eigenvalue weighted by Gasteiger charge is 2.36. The molecule has 2 aliphatic heterocycles. The molecule has 0 amide bonds. The van der Waals surface area contributed by atoms with Crippen molar-refractivity contribution in [2.45, 2.75) is 23.6 Å². The summed E-state index contributed by atoms with van der Waals surface area (Å²) in [6, 6.07) is 32.3. The fourth-order valence-corrected chi connectivity index (χ4v) is 11.0. The molecule has 51 heavy (non-hydrogen) atoms. The van der Waals surface area contributed by atoms with Crippen molar-refractivity contribution < 1.29 is 18.4 Å². The van der Waals surface area contributed by atoms with Crippen molar-refractivity contribution in [3.8, 4) is 54.4 Å². The number of furan rings is 2. The maximum atomic E-state index is 13.3. The van der Waals surface area contributed by atoms with E-state index in [-0.39, 0.29) is 10.2 Å². The number of aryl methyl sites for hydroxylation is 2. The molecule has 5 aromatic heterocycles. The van der Waals surface area contributed by atoms with E-state index in [1.165, 1.54) is 40.1 Å². The molecule has 8 aromatic rings. The number of nitrogens with zero attached hydrogens (tertiary/aromatic N) is 2. The lowest BCUT2D eigenvalue weighted by Gasteiger charge is -2.06. The minimum absolute atomic E-state index is 0.0732. The van der Waals surface area contributed by atoms with Crippen LogP contribution < -0.4 is 0 Å². The normalized spacial score (nSPS) is 15.3.